The van der Waals surface area contributed by atoms with Gasteiger partial charge in [0.25, 0.3) is 0 Å². The topological polar surface area (TPSA) is 37.4 Å². The average molecular weight is 374 g/mol. The molecule has 0 atom stereocenters. The van der Waals surface area contributed by atoms with E-state index in [1.807, 2.05) is 24.4 Å². The minimum atomic E-state index is -3.41. The van der Waals surface area contributed by atoms with Crippen LogP contribution in [-0.4, -0.2) is 26.3 Å². The number of aryl methyl sites for hydroxylation is 1. The quantitative estimate of drug-likeness (QED) is 0.801. The molecular formula is C14H16BrNO2S2. The van der Waals surface area contributed by atoms with Crippen LogP contribution >= 0.6 is 27.3 Å². The third kappa shape index (κ3) is 3.49. The normalized spacial score (nSPS) is 12.0. The summed E-state index contributed by atoms with van der Waals surface area (Å²) in [7, 11) is -1.79. The molecule has 0 aliphatic rings. The number of benzene rings is 1. The van der Waals surface area contributed by atoms with Crippen LogP contribution in [-0.2, 0) is 16.4 Å². The Morgan fingerprint density at radius 3 is 2.65 bits per heavy atom. The van der Waals surface area contributed by atoms with E-state index in [4.69, 9.17) is 0 Å². The van der Waals surface area contributed by atoms with Gasteiger partial charge in [-0.1, -0.05) is 22.0 Å². The Kier molecular flexibility index (Phi) is 5.01. The molecule has 108 valence electrons. The Labute approximate surface area is 132 Å². The van der Waals surface area contributed by atoms with Crippen LogP contribution in [0.5, 0.6) is 0 Å². The van der Waals surface area contributed by atoms with Gasteiger partial charge in [0, 0.05) is 22.9 Å². The number of nitrogens with zero attached hydrogens (tertiary/aromatic N) is 1. The first-order valence-electron chi connectivity index (χ1n) is 6.16. The van der Waals surface area contributed by atoms with Crippen molar-refractivity contribution in [1.29, 1.82) is 0 Å². The third-order valence-electron chi connectivity index (χ3n) is 3.09. The molecule has 2 rings (SSSR count). The molecule has 3 nitrogen and oxygen atoms in total. The number of thiophene rings is 1. The van der Waals surface area contributed by atoms with Crippen molar-refractivity contribution in [3.63, 3.8) is 0 Å². The summed E-state index contributed by atoms with van der Waals surface area (Å²) in [6, 6.07) is 9.10. The van der Waals surface area contributed by atoms with Crippen molar-refractivity contribution in [2.75, 3.05) is 13.6 Å². The van der Waals surface area contributed by atoms with Crippen molar-refractivity contribution in [2.45, 2.75) is 18.2 Å². The molecule has 0 bridgehead atoms. The zero-order chi connectivity index (χ0) is 14.8. The fourth-order valence-corrected chi connectivity index (χ4v) is 4.00. The van der Waals surface area contributed by atoms with Crippen LogP contribution in [0.4, 0.5) is 0 Å². The highest BCUT2D eigenvalue weighted by atomic mass is 79.9. The standard InChI is InChI=1S/C14H16BrNO2S2/c1-11-10-13(5-6-14(11)15)20(17,18)16(2)8-7-12-4-3-9-19-12/h3-6,9-10H,7-8H2,1-2H3. The Hall–Kier alpha value is -0.690. The number of rotatable bonds is 5. The van der Waals surface area contributed by atoms with Crippen LogP contribution in [0.25, 0.3) is 0 Å². The highest BCUT2D eigenvalue weighted by molar-refractivity contribution is 9.10. The van der Waals surface area contributed by atoms with Crippen molar-refractivity contribution in [3.8, 4) is 0 Å². The van der Waals surface area contributed by atoms with Gasteiger partial charge < -0.3 is 0 Å². The Morgan fingerprint density at radius 2 is 2.05 bits per heavy atom. The first-order valence-corrected chi connectivity index (χ1v) is 9.27. The van der Waals surface area contributed by atoms with E-state index in [9.17, 15) is 8.42 Å². The summed E-state index contributed by atoms with van der Waals surface area (Å²) in [4.78, 5) is 1.53. The van der Waals surface area contributed by atoms with E-state index < -0.39 is 10.0 Å². The molecule has 0 saturated heterocycles. The molecule has 0 fully saturated rings. The van der Waals surface area contributed by atoms with E-state index in [-0.39, 0.29) is 0 Å². The van der Waals surface area contributed by atoms with Crippen LogP contribution < -0.4 is 0 Å². The van der Waals surface area contributed by atoms with E-state index in [1.165, 1.54) is 9.18 Å². The lowest BCUT2D eigenvalue weighted by Gasteiger charge is -2.17. The second-order valence-corrected chi connectivity index (χ2v) is 8.50. The minimum Gasteiger partial charge on any atom is -0.207 e. The van der Waals surface area contributed by atoms with Crippen molar-refractivity contribution >= 4 is 37.3 Å². The summed E-state index contributed by atoms with van der Waals surface area (Å²) in [5.41, 5.74) is 0.915. The van der Waals surface area contributed by atoms with Gasteiger partial charge in [-0.2, -0.15) is 0 Å². The van der Waals surface area contributed by atoms with Gasteiger partial charge >= 0.3 is 0 Å². The largest absolute Gasteiger partial charge is 0.242 e. The maximum atomic E-state index is 12.5. The maximum absolute atomic E-state index is 12.5. The van der Waals surface area contributed by atoms with Gasteiger partial charge in [0.1, 0.15) is 0 Å². The molecular weight excluding hydrogens is 358 g/mol. The molecule has 1 aromatic carbocycles. The highest BCUT2D eigenvalue weighted by Crippen LogP contribution is 2.22. The summed E-state index contributed by atoms with van der Waals surface area (Å²) in [6.45, 7) is 2.37. The van der Waals surface area contributed by atoms with Crippen molar-refractivity contribution in [1.82, 2.24) is 4.31 Å². The molecule has 0 spiro atoms. The molecule has 6 heteroatoms. The molecule has 0 aliphatic carbocycles. The first-order chi connectivity index (χ1) is 9.41. The Bertz CT molecular complexity index is 681. The molecule has 1 heterocycles. The number of likely N-dealkylation sites (N-methyl/N-ethyl adjacent to an activating group) is 1. The first kappa shape index (κ1) is 15.7. The summed E-state index contributed by atoms with van der Waals surface area (Å²) >= 11 is 5.03. The smallest absolute Gasteiger partial charge is 0.207 e. The second-order valence-electron chi connectivity index (χ2n) is 4.57. The fourth-order valence-electron chi connectivity index (χ4n) is 1.80. The molecule has 0 aliphatic heterocycles. The number of halogens is 1. The average Bonchev–Trinajstić information content (AvgIpc) is 2.92. The molecule has 0 unspecified atom stereocenters. The van der Waals surface area contributed by atoms with E-state index in [0.29, 0.717) is 11.4 Å². The predicted octanol–water partition coefficient (Wildman–Crippen LogP) is 3.68. The third-order valence-corrected chi connectivity index (χ3v) is 6.77. The summed E-state index contributed by atoms with van der Waals surface area (Å²) < 4.78 is 27.3. The molecule has 1 aromatic heterocycles. The van der Waals surface area contributed by atoms with Gasteiger partial charge in [0.15, 0.2) is 0 Å². The van der Waals surface area contributed by atoms with Gasteiger partial charge in [0.2, 0.25) is 10.0 Å². The number of sulfonamides is 1. The van der Waals surface area contributed by atoms with Crippen LogP contribution in [0.2, 0.25) is 0 Å². The van der Waals surface area contributed by atoms with Gasteiger partial charge in [-0.25, -0.2) is 12.7 Å². The number of hydrogen-bond acceptors (Lipinski definition) is 3. The molecule has 2 aromatic rings. The SMILES string of the molecule is Cc1cc(S(=O)(=O)N(C)CCc2cccs2)ccc1Br. The predicted molar refractivity (Wildman–Crippen MR) is 86.7 cm³/mol. The van der Waals surface area contributed by atoms with Crippen molar-refractivity contribution in [3.05, 3.63) is 50.6 Å². The van der Waals surface area contributed by atoms with Gasteiger partial charge in [0.05, 0.1) is 4.90 Å². The zero-order valence-electron chi connectivity index (χ0n) is 11.3. The molecule has 0 saturated carbocycles. The van der Waals surface area contributed by atoms with Crippen molar-refractivity contribution in [2.24, 2.45) is 0 Å². The lowest BCUT2D eigenvalue weighted by Crippen LogP contribution is -2.29. The molecule has 20 heavy (non-hydrogen) atoms. The van der Waals surface area contributed by atoms with Crippen LogP contribution in [0.3, 0.4) is 0 Å². The van der Waals surface area contributed by atoms with Crippen LogP contribution in [0, 0.1) is 6.92 Å². The van der Waals surface area contributed by atoms with Gasteiger partial charge in [-0.15, -0.1) is 11.3 Å². The second kappa shape index (κ2) is 6.39. The lowest BCUT2D eigenvalue weighted by atomic mass is 10.2. The van der Waals surface area contributed by atoms with Crippen molar-refractivity contribution < 1.29 is 8.42 Å². The minimum absolute atomic E-state index is 0.340. The van der Waals surface area contributed by atoms with Gasteiger partial charge in [-0.05, 0) is 48.6 Å². The molecule has 0 N–H and O–H groups in total. The van der Waals surface area contributed by atoms with E-state index in [2.05, 4.69) is 15.9 Å². The van der Waals surface area contributed by atoms with E-state index in [0.717, 1.165) is 16.5 Å². The molecule has 0 radical (unpaired) electrons. The Balaban J connectivity index is 2.14. The number of hydrogen-bond donors (Lipinski definition) is 0. The monoisotopic (exact) mass is 373 g/mol. The van der Waals surface area contributed by atoms with Crippen LogP contribution in [0.15, 0.2) is 45.1 Å². The Morgan fingerprint density at radius 1 is 1.30 bits per heavy atom. The fraction of sp³-hybridized carbons (Fsp3) is 0.286. The van der Waals surface area contributed by atoms with E-state index >= 15 is 0 Å². The van der Waals surface area contributed by atoms with Crippen LogP contribution in [0.1, 0.15) is 10.4 Å². The maximum Gasteiger partial charge on any atom is 0.242 e. The highest BCUT2D eigenvalue weighted by Gasteiger charge is 2.21. The summed E-state index contributed by atoms with van der Waals surface area (Å²) in [6.07, 6.45) is 0.739. The summed E-state index contributed by atoms with van der Waals surface area (Å²) in [5.74, 6) is 0. The summed E-state index contributed by atoms with van der Waals surface area (Å²) in [5, 5.41) is 2.00. The van der Waals surface area contributed by atoms with E-state index in [1.54, 1.807) is 36.6 Å². The molecule has 0 amide bonds. The lowest BCUT2D eigenvalue weighted by molar-refractivity contribution is 0.473. The zero-order valence-corrected chi connectivity index (χ0v) is 14.6. The van der Waals surface area contributed by atoms with Gasteiger partial charge in [-0.3, -0.25) is 0 Å².